The minimum absolute atomic E-state index is 0.0510. The molecule has 0 radical (unpaired) electrons. The van der Waals surface area contributed by atoms with Crippen LogP contribution < -0.4 is 0 Å². The molecule has 2 nitrogen and oxygen atoms in total. The maximum atomic E-state index is 9.31. The van der Waals surface area contributed by atoms with Crippen molar-refractivity contribution in [3.63, 3.8) is 0 Å². The van der Waals surface area contributed by atoms with E-state index in [0.717, 1.165) is 0 Å². The normalized spacial score (nSPS) is 16.8. The molecule has 0 spiro atoms. The Morgan fingerprint density at radius 1 is 0.404 bits per heavy atom. The van der Waals surface area contributed by atoms with E-state index >= 15 is 0 Å². The third kappa shape index (κ3) is 4.62. The number of imidazole rings is 1. The van der Waals surface area contributed by atoms with Crippen molar-refractivity contribution in [1.82, 2.24) is 9.55 Å². The maximum Gasteiger partial charge on any atom is 0.145 e. The van der Waals surface area contributed by atoms with E-state index in [4.69, 9.17) is 24.2 Å². The quantitative estimate of drug-likeness (QED) is 0.176. The van der Waals surface area contributed by atoms with Gasteiger partial charge in [-0.3, -0.25) is 4.57 Å². The lowest BCUT2D eigenvalue weighted by Crippen LogP contribution is -1.97. The van der Waals surface area contributed by atoms with E-state index in [1.54, 1.807) is 53.1 Å². The summed E-state index contributed by atoms with van der Waals surface area (Å²) in [6, 6.07) is 9.89. The van der Waals surface area contributed by atoms with E-state index in [1.807, 2.05) is 0 Å². The molecule has 0 aliphatic heterocycles. The van der Waals surface area contributed by atoms with E-state index in [1.165, 1.54) is 24.3 Å². The van der Waals surface area contributed by atoms with Crippen LogP contribution in [0.3, 0.4) is 0 Å². The van der Waals surface area contributed by atoms with Crippen molar-refractivity contribution < 1.29 is 24.7 Å². The molecular weight excluding hydrogens is 569 g/mol. The van der Waals surface area contributed by atoms with Crippen LogP contribution in [0.2, 0.25) is 0 Å². The molecule has 0 fully saturated rings. The number of nitrogens with zero attached hydrogens (tertiary/aromatic N) is 2. The Balaban J connectivity index is 1.34. The van der Waals surface area contributed by atoms with E-state index < -0.39 is 109 Å². The van der Waals surface area contributed by atoms with Crippen molar-refractivity contribution in [3.8, 4) is 50.5 Å². The summed E-state index contributed by atoms with van der Waals surface area (Å²) in [6.45, 7) is 0. The van der Waals surface area contributed by atoms with Crippen LogP contribution in [0, 0.1) is 0 Å². The molecule has 8 aromatic carbocycles. The third-order valence-electron chi connectivity index (χ3n) is 8.04. The van der Waals surface area contributed by atoms with Crippen LogP contribution in [0.15, 0.2) is 182 Å². The first-order valence-corrected chi connectivity index (χ1v) is 14.6. The summed E-state index contributed by atoms with van der Waals surface area (Å²) in [5.41, 5.74) is 2.08. The van der Waals surface area contributed by atoms with Gasteiger partial charge < -0.3 is 0 Å². The molecule has 220 valence electrons. The molecule has 0 N–H and O–H groups in total. The van der Waals surface area contributed by atoms with Gasteiger partial charge in [-0.05, 0) is 79.2 Å². The molecule has 0 unspecified atom stereocenters. The number of hydrogen-bond acceptors (Lipinski definition) is 1. The first-order chi connectivity index (χ1) is 30.8. The second-order valence-electron chi connectivity index (χ2n) is 10.6. The molecule has 0 saturated carbocycles. The van der Waals surface area contributed by atoms with Crippen molar-refractivity contribution in [1.29, 1.82) is 0 Å². The van der Waals surface area contributed by atoms with Crippen molar-refractivity contribution in [3.05, 3.63) is 182 Å². The van der Waals surface area contributed by atoms with Crippen LogP contribution in [0.5, 0.6) is 0 Å². The van der Waals surface area contributed by atoms with Crippen LogP contribution in [0.1, 0.15) is 24.7 Å². The Morgan fingerprint density at radius 3 is 1.40 bits per heavy atom. The van der Waals surface area contributed by atoms with Crippen LogP contribution in [0.4, 0.5) is 0 Å². The monoisotopic (exact) mass is 616 g/mol. The summed E-state index contributed by atoms with van der Waals surface area (Å²) in [7, 11) is 0. The molecule has 9 aromatic rings. The summed E-state index contributed by atoms with van der Waals surface area (Å²) in [6.07, 6.45) is 0. The molecule has 1 heterocycles. The highest BCUT2D eigenvalue weighted by Gasteiger charge is 2.18. The molecule has 0 atom stereocenters. The molecule has 0 amide bonds. The van der Waals surface area contributed by atoms with Crippen LogP contribution in [0.25, 0.3) is 83.0 Å². The Labute approximate surface area is 299 Å². The lowest BCUT2D eigenvalue weighted by molar-refractivity contribution is 1.10. The minimum Gasteiger partial charge on any atom is -0.292 e. The van der Waals surface area contributed by atoms with Gasteiger partial charge in [0.1, 0.15) is 5.82 Å². The fourth-order valence-corrected chi connectivity index (χ4v) is 5.99. The lowest BCUT2D eigenvalue weighted by Gasteiger charge is -2.18. The molecule has 0 aliphatic carbocycles. The standard InChI is InChI=1S/C45H30N2/c1-3-13-31(14-4-1)32-23-25-33(26-24-32)43-37-17-7-9-19-39(37)44(40-20-10-8-18-38(40)43)34-27-29-36(30-28-34)47-42-22-12-11-21-41(42)46-45(47)35-15-5-2-6-16-35/h1-30H/i1D,2D,3D,4D,5D,6D,7D,8D,9D,10D,13D,14D,15D,16D,17D,18D,19D,20D. The van der Waals surface area contributed by atoms with Gasteiger partial charge in [0.05, 0.1) is 35.7 Å². The molecule has 9 rings (SSSR count). The zero-order valence-corrected chi connectivity index (χ0v) is 24.3. The molecule has 47 heavy (non-hydrogen) atoms. The average Bonchev–Trinajstić information content (AvgIpc) is 3.69. The summed E-state index contributed by atoms with van der Waals surface area (Å²) >= 11 is 0. The number of para-hydroxylation sites is 2. The molecule has 1 aromatic heterocycles. The van der Waals surface area contributed by atoms with Crippen LogP contribution in [-0.4, -0.2) is 9.55 Å². The van der Waals surface area contributed by atoms with Gasteiger partial charge in [0.25, 0.3) is 0 Å². The van der Waals surface area contributed by atoms with E-state index in [9.17, 15) is 5.48 Å². The minimum atomic E-state index is -0.604. The average molecular weight is 617 g/mol. The smallest absolute Gasteiger partial charge is 0.145 e. The van der Waals surface area contributed by atoms with Gasteiger partial charge >= 0.3 is 0 Å². The topological polar surface area (TPSA) is 17.8 Å². The zero-order valence-electron chi connectivity index (χ0n) is 42.3. The highest BCUT2D eigenvalue weighted by atomic mass is 15.1. The maximum absolute atomic E-state index is 9.31. The van der Waals surface area contributed by atoms with E-state index in [0.29, 0.717) is 16.7 Å². The molecular formula is C45H30N2. The largest absolute Gasteiger partial charge is 0.292 e. The number of rotatable bonds is 5. The first kappa shape index (κ1) is 14.5. The highest BCUT2D eigenvalue weighted by Crippen LogP contribution is 2.44. The Bertz CT molecular complexity index is 3430. The Hall–Kier alpha value is -6.25. The summed E-state index contributed by atoms with van der Waals surface area (Å²) in [5.74, 6) is 0.0528. The predicted molar refractivity (Wildman–Crippen MR) is 198 cm³/mol. The third-order valence-corrected chi connectivity index (χ3v) is 8.04. The molecule has 0 saturated heterocycles. The Morgan fingerprint density at radius 2 is 0.851 bits per heavy atom. The van der Waals surface area contributed by atoms with Crippen molar-refractivity contribution in [2.75, 3.05) is 0 Å². The van der Waals surface area contributed by atoms with E-state index in [2.05, 4.69) is 0 Å². The van der Waals surface area contributed by atoms with Crippen LogP contribution >= 0.6 is 0 Å². The predicted octanol–water partition coefficient (Wildman–Crippen LogP) is 12.0. The summed E-state index contributed by atoms with van der Waals surface area (Å²) in [4.78, 5) is 4.70. The molecule has 0 aliphatic rings. The first-order valence-electron chi connectivity index (χ1n) is 23.6. The lowest BCUT2D eigenvalue weighted by atomic mass is 9.85. The second kappa shape index (κ2) is 11.3. The van der Waals surface area contributed by atoms with Crippen LogP contribution in [-0.2, 0) is 0 Å². The number of aromatic nitrogens is 2. The Kier molecular flexibility index (Phi) is 3.47. The van der Waals surface area contributed by atoms with Crippen molar-refractivity contribution >= 4 is 32.6 Å². The molecule has 2 heteroatoms. The number of fused-ring (bicyclic) bond motifs is 3. The number of benzene rings is 8. The van der Waals surface area contributed by atoms with Gasteiger partial charge in [0, 0.05) is 11.3 Å². The van der Waals surface area contributed by atoms with Gasteiger partial charge in [-0.2, -0.15) is 0 Å². The molecule has 0 bridgehead atoms. The second-order valence-corrected chi connectivity index (χ2v) is 10.6. The van der Waals surface area contributed by atoms with Crippen molar-refractivity contribution in [2.24, 2.45) is 0 Å². The van der Waals surface area contributed by atoms with Gasteiger partial charge in [-0.15, -0.1) is 0 Å². The van der Waals surface area contributed by atoms with Gasteiger partial charge in [0.2, 0.25) is 0 Å². The van der Waals surface area contributed by atoms with Gasteiger partial charge in [-0.1, -0.05) is 157 Å². The summed E-state index contributed by atoms with van der Waals surface area (Å²) < 4.78 is 158. The number of hydrogen-bond donors (Lipinski definition) is 0. The van der Waals surface area contributed by atoms with Gasteiger partial charge in [-0.25, -0.2) is 4.98 Å². The fourth-order valence-electron chi connectivity index (χ4n) is 5.99. The summed E-state index contributed by atoms with van der Waals surface area (Å²) in [5, 5.41) is -0.239. The SMILES string of the molecule is [2H]c1c([2H])c([2H])c(-c2ccc(-c3c4c([2H])c([2H])c([2H])c([2H])c4c(-c4ccc(-n5c(-c6c([2H])c([2H])c([2H])c([2H])c6[2H])nc6ccccc65)cc4)c4c([2H])c([2H])c([2H])c([2H])c34)cc2)c([2H])c1[2H]. The van der Waals surface area contributed by atoms with Crippen molar-refractivity contribution in [2.45, 2.75) is 0 Å². The highest BCUT2D eigenvalue weighted by molar-refractivity contribution is 6.21. The van der Waals surface area contributed by atoms with Gasteiger partial charge in [0.15, 0.2) is 0 Å². The zero-order chi connectivity index (χ0) is 46.8. The fraction of sp³-hybridized carbons (Fsp3) is 0. The van der Waals surface area contributed by atoms with E-state index in [-0.39, 0.29) is 66.3 Å².